The summed E-state index contributed by atoms with van der Waals surface area (Å²) in [6.07, 6.45) is 12.9. The van der Waals surface area contributed by atoms with Gasteiger partial charge in [0.1, 0.15) is 11.5 Å². The van der Waals surface area contributed by atoms with E-state index in [1.807, 2.05) is 12.1 Å². The molecule has 1 N–H and O–H groups in total. The first-order valence-electron chi connectivity index (χ1n) is 12.1. The van der Waals surface area contributed by atoms with Gasteiger partial charge in [0.15, 0.2) is 0 Å². The van der Waals surface area contributed by atoms with Gasteiger partial charge in [-0.05, 0) is 29.4 Å². The van der Waals surface area contributed by atoms with Crippen LogP contribution in [-0.2, 0) is 15.6 Å². The quantitative estimate of drug-likeness (QED) is 0.211. The molecule has 1 aromatic rings. The van der Waals surface area contributed by atoms with E-state index in [2.05, 4.69) is 48.5 Å². The summed E-state index contributed by atoms with van der Waals surface area (Å²) in [4.78, 5) is 12.4. The Labute approximate surface area is 185 Å². The smallest absolute Gasteiger partial charge is 0.311 e. The lowest BCUT2D eigenvalue weighted by atomic mass is 9.79. The number of ether oxygens (including phenoxy) is 1. The second-order valence-corrected chi connectivity index (χ2v) is 10.8. The molecule has 0 atom stereocenters. The minimum atomic E-state index is -0.233. The molecule has 0 radical (unpaired) electrons. The Morgan fingerprint density at radius 1 is 0.767 bits per heavy atom. The van der Waals surface area contributed by atoms with E-state index in [9.17, 15) is 9.90 Å². The highest BCUT2D eigenvalue weighted by molar-refractivity contribution is 5.72. The molecule has 30 heavy (non-hydrogen) atoms. The van der Waals surface area contributed by atoms with E-state index in [0.29, 0.717) is 17.9 Å². The number of hydrogen-bond donors (Lipinski definition) is 1. The lowest BCUT2D eigenvalue weighted by Crippen LogP contribution is -2.18. The number of benzene rings is 1. The van der Waals surface area contributed by atoms with Crippen LogP contribution in [-0.4, -0.2) is 11.1 Å². The van der Waals surface area contributed by atoms with Crippen molar-refractivity contribution in [3.05, 3.63) is 23.3 Å². The molecular formula is C27H46O3. The van der Waals surface area contributed by atoms with Gasteiger partial charge in [-0.1, -0.05) is 106 Å². The number of phenols is 1. The zero-order valence-corrected chi connectivity index (χ0v) is 20.7. The summed E-state index contributed by atoms with van der Waals surface area (Å²) in [5.74, 6) is 0.671. The van der Waals surface area contributed by atoms with Crippen molar-refractivity contribution in [3.8, 4) is 11.5 Å². The molecule has 0 heterocycles. The fraction of sp³-hybridized carbons (Fsp3) is 0.741. The largest absolute Gasteiger partial charge is 0.507 e. The van der Waals surface area contributed by atoms with E-state index in [0.717, 1.165) is 24.0 Å². The Bertz CT molecular complexity index is 612. The highest BCUT2D eigenvalue weighted by atomic mass is 16.5. The van der Waals surface area contributed by atoms with Crippen LogP contribution in [0.5, 0.6) is 11.5 Å². The van der Waals surface area contributed by atoms with Crippen LogP contribution in [0.2, 0.25) is 0 Å². The predicted molar refractivity (Wildman–Crippen MR) is 128 cm³/mol. The average Bonchev–Trinajstić information content (AvgIpc) is 2.62. The normalized spacial score (nSPS) is 12.2. The number of esters is 1. The lowest BCUT2D eigenvalue weighted by molar-refractivity contribution is -0.134. The number of aromatic hydroxyl groups is 1. The molecule has 0 spiro atoms. The molecule has 0 aromatic heterocycles. The van der Waals surface area contributed by atoms with Crippen LogP contribution in [0.3, 0.4) is 0 Å². The Hall–Kier alpha value is -1.51. The molecule has 172 valence electrons. The van der Waals surface area contributed by atoms with Crippen LogP contribution in [0.1, 0.15) is 130 Å². The lowest BCUT2D eigenvalue weighted by Gasteiger charge is -2.27. The van der Waals surface area contributed by atoms with Gasteiger partial charge in [-0.15, -0.1) is 0 Å². The summed E-state index contributed by atoms with van der Waals surface area (Å²) < 4.78 is 5.67. The summed E-state index contributed by atoms with van der Waals surface area (Å²) in [6.45, 7) is 14.6. The van der Waals surface area contributed by atoms with Crippen molar-refractivity contribution in [2.45, 2.75) is 130 Å². The third kappa shape index (κ3) is 9.53. The maximum Gasteiger partial charge on any atom is 0.311 e. The summed E-state index contributed by atoms with van der Waals surface area (Å²) in [5, 5.41) is 10.8. The third-order valence-electron chi connectivity index (χ3n) is 5.67. The third-order valence-corrected chi connectivity index (χ3v) is 5.67. The predicted octanol–water partition coefficient (Wildman–Crippen LogP) is 8.20. The molecule has 3 nitrogen and oxygen atoms in total. The molecule has 0 aliphatic rings. The van der Waals surface area contributed by atoms with Crippen LogP contribution >= 0.6 is 0 Å². The van der Waals surface area contributed by atoms with Crippen molar-refractivity contribution in [1.29, 1.82) is 0 Å². The number of rotatable bonds is 12. The summed E-state index contributed by atoms with van der Waals surface area (Å²) in [7, 11) is 0. The fourth-order valence-electron chi connectivity index (χ4n) is 3.75. The van der Waals surface area contributed by atoms with E-state index in [-0.39, 0.29) is 16.8 Å². The summed E-state index contributed by atoms with van der Waals surface area (Å²) in [5.41, 5.74) is 1.17. The summed E-state index contributed by atoms with van der Waals surface area (Å²) >= 11 is 0. The maximum atomic E-state index is 12.4. The zero-order valence-electron chi connectivity index (χ0n) is 20.7. The van der Waals surface area contributed by atoms with E-state index in [4.69, 9.17) is 4.74 Å². The molecule has 0 unspecified atom stereocenters. The van der Waals surface area contributed by atoms with E-state index in [1.165, 1.54) is 51.4 Å². The minimum Gasteiger partial charge on any atom is -0.507 e. The Morgan fingerprint density at radius 3 is 1.57 bits per heavy atom. The molecule has 3 heteroatoms. The average molecular weight is 419 g/mol. The standard InChI is InChI=1S/C27H46O3/c1-8-9-10-11-12-13-14-15-16-17-18-24(28)30-21-19-22(26(2,3)4)25(29)23(20-21)27(5,6)7/h19-20,29H,8-18H2,1-7H3. The molecule has 0 amide bonds. The first kappa shape index (κ1) is 26.5. The van der Waals surface area contributed by atoms with Crippen LogP contribution in [0.4, 0.5) is 0 Å². The second kappa shape index (κ2) is 12.4. The number of carbonyl (C=O) groups is 1. The van der Waals surface area contributed by atoms with Crippen molar-refractivity contribution in [2.75, 3.05) is 0 Å². The minimum absolute atomic E-state index is 0.181. The molecular weight excluding hydrogens is 372 g/mol. The number of phenolic OH excluding ortho intramolecular Hbond substituents is 1. The Kier molecular flexibility index (Phi) is 10.9. The van der Waals surface area contributed by atoms with Gasteiger partial charge in [0.2, 0.25) is 0 Å². The maximum absolute atomic E-state index is 12.4. The van der Waals surface area contributed by atoms with Gasteiger partial charge < -0.3 is 9.84 Å². The van der Waals surface area contributed by atoms with Gasteiger partial charge in [-0.25, -0.2) is 0 Å². The Morgan fingerprint density at radius 2 is 1.17 bits per heavy atom. The van der Waals surface area contributed by atoms with Crippen molar-refractivity contribution in [3.63, 3.8) is 0 Å². The first-order chi connectivity index (χ1) is 14.0. The monoisotopic (exact) mass is 418 g/mol. The topological polar surface area (TPSA) is 46.5 Å². The Balaban J connectivity index is 2.52. The van der Waals surface area contributed by atoms with Gasteiger partial charge in [-0.3, -0.25) is 4.79 Å². The molecule has 0 aliphatic heterocycles. The van der Waals surface area contributed by atoms with E-state index in [1.54, 1.807) is 0 Å². The highest BCUT2D eigenvalue weighted by Gasteiger charge is 2.27. The number of hydrogen-bond acceptors (Lipinski definition) is 3. The van der Waals surface area contributed by atoms with Crippen molar-refractivity contribution >= 4 is 5.97 Å². The highest BCUT2D eigenvalue weighted by Crippen LogP contribution is 2.41. The molecule has 0 saturated carbocycles. The van der Waals surface area contributed by atoms with Crippen LogP contribution < -0.4 is 4.74 Å². The fourth-order valence-corrected chi connectivity index (χ4v) is 3.75. The molecule has 1 rings (SSSR count). The van der Waals surface area contributed by atoms with Crippen molar-refractivity contribution in [2.24, 2.45) is 0 Å². The first-order valence-corrected chi connectivity index (χ1v) is 12.1. The van der Waals surface area contributed by atoms with Crippen LogP contribution in [0, 0.1) is 0 Å². The van der Waals surface area contributed by atoms with E-state index < -0.39 is 0 Å². The van der Waals surface area contributed by atoms with Crippen LogP contribution in [0.25, 0.3) is 0 Å². The molecule has 0 saturated heterocycles. The van der Waals surface area contributed by atoms with Gasteiger partial charge >= 0.3 is 5.97 Å². The number of unbranched alkanes of at least 4 members (excludes halogenated alkanes) is 9. The molecule has 0 bridgehead atoms. The summed E-state index contributed by atoms with van der Waals surface area (Å²) in [6, 6.07) is 3.64. The second-order valence-electron chi connectivity index (χ2n) is 10.8. The molecule has 1 aromatic carbocycles. The number of carbonyl (C=O) groups excluding carboxylic acids is 1. The van der Waals surface area contributed by atoms with Gasteiger partial charge in [-0.2, -0.15) is 0 Å². The van der Waals surface area contributed by atoms with Gasteiger partial charge in [0.05, 0.1) is 0 Å². The van der Waals surface area contributed by atoms with Gasteiger partial charge in [0.25, 0.3) is 0 Å². The van der Waals surface area contributed by atoms with Crippen molar-refractivity contribution < 1.29 is 14.6 Å². The molecule has 0 aliphatic carbocycles. The van der Waals surface area contributed by atoms with Crippen molar-refractivity contribution in [1.82, 2.24) is 0 Å². The van der Waals surface area contributed by atoms with Crippen LogP contribution in [0.15, 0.2) is 12.1 Å². The molecule has 0 fully saturated rings. The van der Waals surface area contributed by atoms with Gasteiger partial charge in [0, 0.05) is 17.5 Å². The zero-order chi connectivity index (χ0) is 22.8. The van der Waals surface area contributed by atoms with E-state index >= 15 is 0 Å². The SMILES string of the molecule is CCCCCCCCCCCCC(=O)Oc1cc(C(C)(C)C)c(O)c(C(C)(C)C)c1.